The summed E-state index contributed by atoms with van der Waals surface area (Å²) >= 11 is 0. The van der Waals surface area contributed by atoms with Gasteiger partial charge in [-0.2, -0.15) is 0 Å². The summed E-state index contributed by atoms with van der Waals surface area (Å²) in [6.07, 6.45) is 5.12. The number of amides is 2. The van der Waals surface area contributed by atoms with Crippen molar-refractivity contribution in [2.75, 3.05) is 44.2 Å². The second-order valence-electron chi connectivity index (χ2n) is 9.36. The second kappa shape index (κ2) is 10.5. The minimum absolute atomic E-state index is 0.0476. The van der Waals surface area contributed by atoms with Crippen molar-refractivity contribution in [3.05, 3.63) is 54.6 Å². The number of carbonyl (C=O) groups is 2. The zero-order valence-electron chi connectivity index (χ0n) is 19.6. The number of fused-ring (bicyclic) bond motifs is 1. The first kappa shape index (κ1) is 22.7. The van der Waals surface area contributed by atoms with Crippen molar-refractivity contribution in [1.82, 2.24) is 9.80 Å². The van der Waals surface area contributed by atoms with E-state index in [2.05, 4.69) is 4.90 Å². The zero-order valence-corrected chi connectivity index (χ0v) is 19.6. The van der Waals surface area contributed by atoms with Crippen LogP contribution in [-0.4, -0.2) is 73.1 Å². The highest BCUT2D eigenvalue weighted by Crippen LogP contribution is 2.31. The molecule has 0 radical (unpaired) electrons. The van der Waals surface area contributed by atoms with E-state index in [4.69, 9.17) is 9.47 Å². The number of piperazine rings is 1. The quantitative estimate of drug-likeness (QED) is 0.681. The van der Waals surface area contributed by atoms with Crippen molar-refractivity contribution >= 4 is 17.5 Å². The number of anilines is 1. The fraction of sp³-hybridized carbons (Fsp3) is 0.481. The Hall–Kier alpha value is -3.06. The Morgan fingerprint density at radius 1 is 0.853 bits per heavy atom. The van der Waals surface area contributed by atoms with E-state index in [1.54, 1.807) is 0 Å². The van der Waals surface area contributed by atoms with Gasteiger partial charge in [0.1, 0.15) is 6.61 Å². The molecule has 0 bridgehead atoms. The van der Waals surface area contributed by atoms with E-state index < -0.39 is 6.10 Å². The molecule has 1 saturated carbocycles. The molecule has 2 aliphatic heterocycles. The van der Waals surface area contributed by atoms with Crippen molar-refractivity contribution in [2.45, 2.75) is 44.2 Å². The monoisotopic (exact) mass is 463 g/mol. The lowest BCUT2D eigenvalue weighted by Crippen LogP contribution is -2.56. The molecule has 0 aromatic heterocycles. The van der Waals surface area contributed by atoms with E-state index in [1.807, 2.05) is 64.4 Å². The highest BCUT2D eigenvalue weighted by Gasteiger charge is 2.34. The minimum Gasteiger partial charge on any atom is -0.485 e. The number of rotatable bonds is 5. The Kier molecular flexibility index (Phi) is 7.00. The van der Waals surface area contributed by atoms with Gasteiger partial charge in [-0.1, -0.05) is 49.6 Å². The maximum atomic E-state index is 13.5. The van der Waals surface area contributed by atoms with Gasteiger partial charge in [-0.3, -0.25) is 14.5 Å². The third-order valence-corrected chi connectivity index (χ3v) is 7.07. The average molecular weight is 464 g/mol. The lowest BCUT2D eigenvalue weighted by atomic mass is 9.93. The van der Waals surface area contributed by atoms with Gasteiger partial charge >= 0.3 is 0 Å². The molecule has 2 heterocycles. The summed E-state index contributed by atoms with van der Waals surface area (Å²) in [6.45, 7) is 3.13. The Balaban J connectivity index is 1.17. The summed E-state index contributed by atoms with van der Waals surface area (Å²) in [7, 11) is 0. The number of benzene rings is 2. The maximum Gasteiger partial charge on any atom is 0.267 e. The molecule has 2 aromatic carbocycles. The van der Waals surface area contributed by atoms with Gasteiger partial charge in [0.2, 0.25) is 12.0 Å². The number of para-hydroxylation sites is 3. The van der Waals surface area contributed by atoms with Crippen LogP contribution in [0.4, 0.5) is 5.69 Å². The molecule has 7 nitrogen and oxygen atoms in total. The van der Waals surface area contributed by atoms with Gasteiger partial charge in [0, 0.05) is 37.9 Å². The van der Waals surface area contributed by atoms with Crippen LogP contribution < -0.4 is 14.4 Å². The van der Waals surface area contributed by atoms with E-state index in [0.29, 0.717) is 44.2 Å². The molecule has 2 fully saturated rings. The predicted octanol–water partition coefficient (Wildman–Crippen LogP) is 3.34. The third kappa shape index (κ3) is 5.04. The maximum absolute atomic E-state index is 13.5. The first-order chi connectivity index (χ1) is 16.7. The first-order valence-corrected chi connectivity index (χ1v) is 12.5. The van der Waals surface area contributed by atoms with Crippen LogP contribution in [0.25, 0.3) is 0 Å². The SMILES string of the molecule is O=C([C@@H]1COc2ccccc2O1)N1CCN(CC(=O)N(c2ccccc2)C2CCCCC2)CC1. The largest absolute Gasteiger partial charge is 0.485 e. The van der Waals surface area contributed by atoms with Gasteiger partial charge in [-0.15, -0.1) is 0 Å². The molecule has 3 aliphatic rings. The smallest absolute Gasteiger partial charge is 0.267 e. The minimum atomic E-state index is -0.622. The second-order valence-corrected chi connectivity index (χ2v) is 9.36. The Bertz CT molecular complexity index is 984. The van der Waals surface area contributed by atoms with E-state index >= 15 is 0 Å². The molecule has 1 aliphatic carbocycles. The molecule has 0 unspecified atom stereocenters. The van der Waals surface area contributed by atoms with Gasteiger partial charge in [0.05, 0.1) is 6.54 Å². The van der Waals surface area contributed by atoms with Gasteiger partial charge in [0.15, 0.2) is 11.5 Å². The molecule has 0 spiro atoms. The topological polar surface area (TPSA) is 62.3 Å². The van der Waals surface area contributed by atoms with Crippen molar-refractivity contribution in [2.24, 2.45) is 0 Å². The van der Waals surface area contributed by atoms with Crippen molar-refractivity contribution < 1.29 is 19.1 Å². The van der Waals surface area contributed by atoms with Crippen LogP contribution in [0.3, 0.4) is 0 Å². The van der Waals surface area contributed by atoms with Gasteiger partial charge in [-0.25, -0.2) is 0 Å². The summed E-state index contributed by atoms with van der Waals surface area (Å²) in [6, 6.07) is 17.8. The van der Waals surface area contributed by atoms with E-state index in [1.165, 1.54) is 19.3 Å². The normalized spacial score (nSPS) is 21.2. The number of hydrogen-bond donors (Lipinski definition) is 0. The summed E-state index contributed by atoms with van der Waals surface area (Å²) < 4.78 is 11.6. The molecule has 1 saturated heterocycles. The van der Waals surface area contributed by atoms with Crippen LogP contribution in [0, 0.1) is 0 Å². The van der Waals surface area contributed by atoms with Gasteiger partial charge in [0.25, 0.3) is 5.91 Å². The molecule has 1 atom stereocenters. The Morgan fingerprint density at radius 3 is 2.26 bits per heavy atom. The fourth-order valence-corrected chi connectivity index (χ4v) is 5.22. The fourth-order valence-electron chi connectivity index (χ4n) is 5.22. The number of hydrogen-bond acceptors (Lipinski definition) is 5. The number of ether oxygens (including phenoxy) is 2. The molecular formula is C27H33N3O4. The molecule has 5 rings (SSSR count). The van der Waals surface area contributed by atoms with E-state index in [0.717, 1.165) is 18.5 Å². The zero-order chi connectivity index (χ0) is 23.3. The van der Waals surface area contributed by atoms with Gasteiger partial charge in [-0.05, 0) is 37.1 Å². The highest BCUT2D eigenvalue weighted by molar-refractivity contribution is 5.95. The molecule has 180 valence electrons. The predicted molar refractivity (Wildman–Crippen MR) is 130 cm³/mol. The molecule has 7 heteroatoms. The number of carbonyl (C=O) groups excluding carboxylic acids is 2. The van der Waals surface area contributed by atoms with Crippen LogP contribution in [0.15, 0.2) is 54.6 Å². The Labute approximate surface area is 201 Å². The Morgan fingerprint density at radius 2 is 1.53 bits per heavy atom. The summed E-state index contributed by atoms with van der Waals surface area (Å²) in [5, 5.41) is 0. The summed E-state index contributed by atoms with van der Waals surface area (Å²) in [4.78, 5) is 32.5. The average Bonchev–Trinajstić information content (AvgIpc) is 2.90. The lowest BCUT2D eigenvalue weighted by molar-refractivity contribution is -0.143. The van der Waals surface area contributed by atoms with Crippen molar-refractivity contribution in [3.63, 3.8) is 0 Å². The standard InChI is InChI=1S/C27H33N3O4/c31-26(30(21-9-3-1-4-10-21)22-11-5-2-6-12-22)19-28-15-17-29(18-16-28)27(32)25-20-33-23-13-7-8-14-24(23)34-25/h1,3-4,7-10,13-14,22,25H,2,5-6,11-12,15-20H2/t25-/m0/s1. The molecule has 2 aromatic rings. The first-order valence-electron chi connectivity index (χ1n) is 12.5. The molecular weight excluding hydrogens is 430 g/mol. The number of nitrogens with zero attached hydrogens (tertiary/aromatic N) is 3. The highest BCUT2D eigenvalue weighted by atomic mass is 16.6. The van der Waals surface area contributed by atoms with Crippen LogP contribution in [-0.2, 0) is 9.59 Å². The molecule has 2 amide bonds. The van der Waals surface area contributed by atoms with Crippen LogP contribution in [0.5, 0.6) is 11.5 Å². The summed E-state index contributed by atoms with van der Waals surface area (Å²) in [5.41, 5.74) is 0.989. The van der Waals surface area contributed by atoms with E-state index in [-0.39, 0.29) is 24.5 Å². The van der Waals surface area contributed by atoms with E-state index in [9.17, 15) is 9.59 Å². The van der Waals surface area contributed by atoms with Crippen molar-refractivity contribution in [3.8, 4) is 11.5 Å². The third-order valence-electron chi connectivity index (χ3n) is 7.07. The van der Waals surface area contributed by atoms with Crippen molar-refractivity contribution in [1.29, 1.82) is 0 Å². The van der Waals surface area contributed by atoms with Crippen LogP contribution in [0.1, 0.15) is 32.1 Å². The molecule has 0 N–H and O–H groups in total. The van der Waals surface area contributed by atoms with Crippen LogP contribution >= 0.6 is 0 Å². The van der Waals surface area contributed by atoms with Crippen LogP contribution in [0.2, 0.25) is 0 Å². The van der Waals surface area contributed by atoms with Gasteiger partial charge < -0.3 is 19.3 Å². The molecule has 34 heavy (non-hydrogen) atoms. The lowest BCUT2D eigenvalue weighted by Gasteiger charge is -2.39. The summed E-state index contributed by atoms with van der Waals surface area (Å²) in [5.74, 6) is 1.39.